The van der Waals surface area contributed by atoms with Crippen molar-refractivity contribution in [3.8, 4) is 0 Å². The molecule has 0 aliphatic heterocycles. The Balaban J connectivity index is 2.37. The molecule has 0 radical (unpaired) electrons. The maximum Gasteiger partial charge on any atom is 0.232 e. The summed E-state index contributed by atoms with van der Waals surface area (Å²) in [6.07, 6.45) is 0. The van der Waals surface area contributed by atoms with Crippen molar-refractivity contribution < 1.29 is 0 Å². The Morgan fingerprint density at radius 1 is 0.889 bits per heavy atom. The van der Waals surface area contributed by atoms with Crippen molar-refractivity contribution in [1.29, 1.82) is 0 Å². The first-order chi connectivity index (χ1) is 8.47. The highest BCUT2D eigenvalue weighted by Crippen LogP contribution is 2.36. The zero-order valence-corrected chi connectivity index (χ0v) is 13.0. The molecule has 1 heterocycles. The van der Waals surface area contributed by atoms with Gasteiger partial charge < -0.3 is 5.32 Å². The molecule has 9 heteroatoms. The summed E-state index contributed by atoms with van der Waals surface area (Å²) >= 11 is 26.6. The molecule has 94 valence electrons. The van der Waals surface area contributed by atoms with Crippen molar-refractivity contribution in [3.63, 3.8) is 0 Å². The van der Waals surface area contributed by atoms with Crippen molar-refractivity contribution in [3.05, 3.63) is 37.2 Å². The Labute approximate surface area is 131 Å². The zero-order chi connectivity index (χ0) is 13.3. The highest BCUT2D eigenvalue weighted by atomic mass is 79.9. The fourth-order valence-corrected chi connectivity index (χ4v) is 2.31. The number of halogens is 5. The molecule has 0 amide bonds. The lowest BCUT2D eigenvalue weighted by Crippen LogP contribution is -2.00. The van der Waals surface area contributed by atoms with E-state index in [1.165, 1.54) is 0 Å². The standard InChI is InChI=1S/C9H3BrCl4N4/c10-3-1-2-4(6(12)5(3)11)15-9-17-7(13)16-8(14)18-9/h1-2H,(H,15,16,17,18). The molecule has 0 unspecified atom stereocenters. The van der Waals surface area contributed by atoms with Crippen LogP contribution in [-0.2, 0) is 0 Å². The molecule has 0 aliphatic carbocycles. The maximum atomic E-state index is 6.07. The van der Waals surface area contributed by atoms with Crippen LogP contribution in [0.4, 0.5) is 11.6 Å². The van der Waals surface area contributed by atoms with E-state index in [4.69, 9.17) is 46.4 Å². The van der Waals surface area contributed by atoms with Crippen molar-refractivity contribution in [1.82, 2.24) is 15.0 Å². The Bertz CT molecular complexity index is 587. The summed E-state index contributed by atoms with van der Waals surface area (Å²) in [7, 11) is 0. The number of rotatable bonds is 2. The van der Waals surface area contributed by atoms with Gasteiger partial charge in [0.15, 0.2) is 0 Å². The summed E-state index contributed by atoms with van der Waals surface area (Å²) < 4.78 is 0.687. The lowest BCUT2D eigenvalue weighted by Gasteiger charge is -2.09. The van der Waals surface area contributed by atoms with Crippen LogP contribution in [0, 0.1) is 0 Å². The van der Waals surface area contributed by atoms with Gasteiger partial charge in [-0.3, -0.25) is 0 Å². The van der Waals surface area contributed by atoms with E-state index >= 15 is 0 Å². The summed E-state index contributed by atoms with van der Waals surface area (Å²) in [6.45, 7) is 0. The average Bonchev–Trinajstić information content (AvgIpc) is 2.29. The van der Waals surface area contributed by atoms with Gasteiger partial charge in [-0.25, -0.2) is 0 Å². The Morgan fingerprint density at radius 3 is 2.11 bits per heavy atom. The van der Waals surface area contributed by atoms with Crippen LogP contribution in [0.3, 0.4) is 0 Å². The third-order valence-corrected chi connectivity index (χ3v) is 3.97. The van der Waals surface area contributed by atoms with E-state index in [1.54, 1.807) is 12.1 Å². The summed E-state index contributed by atoms with van der Waals surface area (Å²) in [5.41, 5.74) is 0.531. The van der Waals surface area contributed by atoms with Crippen LogP contribution in [0.5, 0.6) is 0 Å². The summed E-state index contributed by atoms with van der Waals surface area (Å²) in [5, 5.41) is 3.53. The molecule has 0 aliphatic rings. The predicted octanol–water partition coefficient (Wildman–Crippen LogP) is 4.99. The molecular weight excluding hydrogens is 386 g/mol. The number of hydrogen-bond acceptors (Lipinski definition) is 4. The molecule has 2 rings (SSSR count). The first kappa shape index (κ1) is 14.1. The van der Waals surface area contributed by atoms with Crippen molar-refractivity contribution in [2.45, 2.75) is 0 Å². The second-order valence-corrected chi connectivity index (χ2v) is 5.33. The van der Waals surface area contributed by atoms with Crippen LogP contribution in [0.1, 0.15) is 0 Å². The lowest BCUT2D eigenvalue weighted by molar-refractivity contribution is 1.05. The highest BCUT2D eigenvalue weighted by Gasteiger charge is 2.10. The van der Waals surface area contributed by atoms with E-state index < -0.39 is 0 Å². The van der Waals surface area contributed by atoms with Crippen LogP contribution in [0.2, 0.25) is 20.6 Å². The Kier molecular flexibility index (Phi) is 4.50. The number of benzene rings is 1. The van der Waals surface area contributed by atoms with Gasteiger partial charge in [-0.15, -0.1) is 0 Å². The van der Waals surface area contributed by atoms with E-state index in [0.29, 0.717) is 20.2 Å². The summed E-state index contributed by atoms with van der Waals surface area (Å²) in [6, 6.07) is 3.45. The van der Waals surface area contributed by atoms with E-state index in [1.807, 2.05) is 0 Å². The van der Waals surface area contributed by atoms with Crippen LogP contribution < -0.4 is 5.32 Å². The third kappa shape index (κ3) is 3.16. The van der Waals surface area contributed by atoms with Gasteiger partial charge in [0.05, 0.1) is 15.7 Å². The third-order valence-electron chi connectivity index (χ3n) is 1.86. The van der Waals surface area contributed by atoms with Gasteiger partial charge in [-0.1, -0.05) is 23.2 Å². The van der Waals surface area contributed by atoms with Crippen molar-refractivity contribution >= 4 is 74.0 Å². The van der Waals surface area contributed by atoms with Gasteiger partial charge in [-0.05, 0) is 51.3 Å². The Morgan fingerprint density at radius 2 is 1.50 bits per heavy atom. The molecule has 0 saturated carbocycles. The fraction of sp³-hybridized carbons (Fsp3) is 0. The molecule has 2 aromatic rings. The molecule has 1 aromatic carbocycles. The first-order valence-corrected chi connectivity index (χ1v) is 6.75. The normalized spacial score (nSPS) is 10.5. The fourth-order valence-electron chi connectivity index (χ4n) is 1.12. The van der Waals surface area contributed by atoms with Gasteiger partial charge in [-0.2, -0.15) is 15.0 Å². The molecule has 0 bridgehead atoms. The monoisotopic (exact) mass is 386 g/mol. The molecule has 1 aromatic heterocycles. The van der Waals surface area contributed by atoms with Gasteiger partial charge in [0.2, 0.25) is 16.5 Å². The molecule has 0 saturated heterocycles. The maximum absolute atomic E-state index is 6.07. The van der Waals surface area contributed by atoms with E-state index in [-0.39, 0.29) is 16.5 Å². The number of hydrogen-bond donors (Lipinski definition) is 1. The van der Waals surface area contributed by atoms with Gasteiger partial charge in [0.1, 0.15) is 0 Å². The number of anilines is 2. The van der Waals surface area contributed by atoms with Crippen LogP contribution in [-0.4, -0.2) is 15.0 Å². The average molecular weight is 389 g/mol. The quantitative estimate of drug-likeness (QED) is 0.736. The second kappa shape index (κ2) is 5.75. The number of nitrogens with zero attached hydrogens (tertiary/aromatic N) is 3. The molecule has 0 fully saturated rings. The topological polar surface area (TPSA) is 50.7 Å². The molecule has 4 nitrogen and oxygen atoms in total. The van der Waals surface area contributed by atoms with Gasteiger partial charge in [0, 0.05) is 4.47 Å². The second-order valence-electron chi connectivity index (χ2n) is 3.04. The number of nitrogens with one attached hydrogen (secondary N) is 1. The number of aromatic nitrogens is 3. The van der Waals surface area contributed by atoms with Crippen LogP contribution in [0.25, 0.3) is 0 Å². The van der Waals surface area contributed by atoms with E-state index in [9.17, 15) is 0 Å². The van der Waals surface area contributed by atoms with Crippen molar-refractivity contribution in [2.24, 2.45) is 0 Å². The minimum atomic E-state index is -0.0168. The highest BCUT2D eigenvalue weighted by molar-refractivity contribution is 9.10. The molecular formula is C9H3BrCl4N4. The Hall–Kier alpha value is -0.330. The largest absolute Gasteiger partial charge is 0.323 e. The summed E-state index contributed by atoms with van der Waals surface area (Å²) in [5.74, 6) is 0.181. The zero-order valence-electron chi connectivity index (χ0n) is 8.39. The van der Waals surface area contributed by atoms with Gasteiger partial charge in [0.25, 0.3) is 0 Å². The van der Waals surface area contributed by atoms with Crippen LogP contribution in [0.15, 0.2) is 16.6 Å². The molecule has 1 N–H and O–H groups in total. The van der Waals surface area contributed by atoms with Gasteiger partial charge >= 0.3 is 0 Å². The first-order valence-electron chi connectivity index (χ1n) is 4.45. The van der Waals surface area contributed by atoms with Crippen molar-refractivity contribution in [2.75, 3.05) is 5.32 Å². The molecule has 18 heavy (non-hydrogen) atoms. The smallest absolute Gasteiger partial charge is 0.232 e. The minimum absolute atomic E-state index is 0.0168. The van der Waals surface area contributed by atoms with E-state index in [2.05, 4.69) is 36.2 Å². The predicted molar refractivity (Wildman–Crippen MR) is 77.3 cm³/mol. The van der Waals surface area contributed by atoms with Crippen LogP contribution >= 0.6 is 62.3 Å². The van der Waals surface area contributed by atoms with E-state index in [0.717, 1.165) is 0 Å². The minimum Gasteiger partial charge on any atom is -0.323 e. The SMILES string of the molecule is Clc1nc(Cl)nc(Nc2ccc(Br)c(Cl)c2Cl)n1. The lowest BCUT2D eigenvalue weighted by atomic mass is 10.3. The molecule has 0 atom stereocenters. The summed E-state index contributed by atoms with van der Waals surface area (Å²) in [4.78, 5) is 11.3. The molecule has 0 spiro atoms.